The zero-order chi connectivity index (χ0) is 20.8. The summed E-state index contributed by atoms with van der Waals surface area (Å²) in [4.78, 5) is 33.7. The van der Waals surface area contributed by atoms with Gasteiger partial charge in [0.1, 0.15) is 0 Å². The van der Waals surface area contributed by atoms with E-state index >= 15 is 0 Å². The molecular weight excluding hydrogens is 390 g/mol. The van der Waals surface area contributed by atoms with E-state index < -0.39 is 0 Å². The summed E-state index contributed by atoms with van der Waals surface area (Å²) in [6.07, 6.45) is 3.88. The summed E-state index contributed by atoms with van der Waals surface area (Å²) in [5, 5.41) is 6.88. The fourth-order valence-corrected chi connectivity index (χ4v) is 4.78. The summed E-state index contributed by atoms with van der Waals surface area (Å²) in [7, 11) is 2.04. The number of aromatic nitrogens is 2. The highest BCUT2D eigenvalue weighted by molar-refractivity contribution is 7.99. The van der Waals surface area contributed by atoms with Crippen LogP contribution in [0.1, 0.15) is 44.3 Å². The molecule has 9 heteroatoms. The van der Waals surface area contributed by atoms with Crippen LogP contribution < -0.4 is 5.32 Å². The van der Waals surface area contributed by atoms with Crippen LogP contribution in [0.3, 0.4) is 0 Å². The first-order valence-electron chi connectivity index (χ1n) is 10.5. The Labute approximate surface area is 177 Å². The molecule has 0 saturated carbocycles. The molecule has 0 bridgehead atoms. The topological polar surface area (TPSA) is 91.6 Å². The zero-order valence-corrected chi connectivity index (χ0v) is 18.5. The van der Waals surface area contributed by atoms with Gasteiger partial charge < -0.3 is 19.6 Å². The molecule has 3 rings (SSSR count). The van der Waals surface area contributed by atoms with E-state index in [0.717, 1.165) is 57.8 Å². The Bertz CT molecular complexity index is 689. The predicted octanol–water partition coefficient (Wildman–Crippen LogP) is 1.70. The van der Waals surface area contributed by atoms with Crippen LogP contribution in [0.5, 0.6) is 0 Å². The third-order valence-corrected chi connectivity index (χ3v) is 6.68. The van der Waals surface area contributed by atoms with Gasteiger partial charge in [-0.1, -0.05) is 12.1 Å². The summed E-state index contributed by atoms with van der Waals surface area (Å²) in [6.45, 7) is 7.35. The van der Waals surface area contributed by atoms with Crippen molar-refractivity contribution < 1.29 is 14.1 Å². The average Bonchev–Trinajstić information content (AvgIpc) is 3.00. The van der Waals surface area contributed by atoms with Crippen molar-refractivity contribution in [2.75, 3.05) is 39.0 Å². The Kier molecular flexibility index (Phi) is 7.94. The third-order valence-electron chi connectivity index (χ3n) is 5.77. The number of thioether (sulfide) groups is 1. The number of nitrogens with one attached hydrogen (secondary N) is 1. The molecule has 0 unspecified atom stereocenters. The van der Waals surface area contributed by atoms with Gasteiger partial charge in [0.05, 0.1) is 17.4 Å². The van der Waals surface area contributed by atoms with Crippen molar-refractivity contribution in [1.29, 1.82) is 0 Å². The number of likely N-dealkylation sites (tertiary alicyclic amines) is 2. The van der Waals surface area contributed by atoms with E-state index in [9.17, 15) is 9.59 Å². The first-order valence-corrected chi connectivity index (χ1v) is 11.7. The standard InChI is InChI=1S/C20H33N5O3S/c1-14-6-8-25(9-7-14)20(27)16-4-5-17(11-24(3)10-16)22-18(26)12-29-13-19-21-15(2)23-28-19/h14,16-17H,4-13H2,1-3H3,(H,22,26)/t16-,17+/m1/s1. The summed E-state index contributed by atoms with van der Waals surface area (Å²) in [6, 6.07) is 0.0814. The fraction of sp³-hybridized carbons (Fsp3) is 0.800. The second-order valence-electron chi connectivity index (χ2n) is 8.50. The number of nitrogens with zero attached hydrogens (tertiary/aromatic N) is 4. The number of rotatable bonds is 6. The van der Waals surface area contributed by atoms with Crippen LogP contribution in [0.25, 0.3) is 0 Å². The van der Waals surface area contributed by atoms with Crippen molar-refractivity contribution >= 4 is 23.6 Å². The van der Waals surface area contributed by atoms with Gasteiger partial charge in [0.25, 0.3) is 0 Å². The molecule has 1 aromatic rings. The van der Waals surface area contributed by atoms with E-state index in [1.54, 1.807) is 6.92 Å². The van der Waals surface area contributed by atoms with Crippen LogP contribution in [0.2, 0.25) is 0 Å². The molecule has 2 aliphatic rings. The number of hydrogen-bond donors (Lipinski definition) is 1. The number of carbonyl (C=O) groups excluding carboxylic acids is 2. The third kappa shape index (κ3) is 6.70. The lowest BCUT2D eigenvalue weighted by atomic mass is 9.95. The van der Waals surface area contributed by atoms with Gasteiger partial charge in [0, 0.05) is 32.2 Å². The highest BCUT2D eigenvalue weighted by Gasteiger charge is 2.31. The molecule has 29 heavy (non-hydrogen) atoms. The van der Waals surface area contributed by atoms with Crippen LogP contribution >= 0.6 is 11.8 Å². The van der Waals surface area contributed by atoms with Gasteiger partial charge in [0.15, 0.2) is 5.82 Å². The van der Waals surface area contributed by atoms with Crippen molar-refractivity contribution in [3.63, 3.8) is 0 Å². The van der Waals surface area contributed by atoms with Gasteiger partial charge in [-0.05, 0) is 45.6 Å². The summed E-state index contributed by atoms with van der Waals surface area (Å²) < 4.78 is 5.06. The van der Waals surface area contributed by atoms with E-state index in [2.05, 4.69) is 27.3 Å². The van der Waals surface area contributed by atoms with Crippen molar-refractivity contribution in [3.05, 3.63) is 11.7 Å². The lowest BCUT2D eigenvalue weighted by Gasteiger charge is -2.33. The molecule has 1 aromatic heterocycles. The van der Waals surface area contributed by atoms with Gasteiger partial charge in [-0.15, -0.1) is 11.8 Å². The molecule has 0 aromatic carbocycles. The first-order chi connectivity index (χ1) is 13.9. The Morgan fingerprint density at radius 2 is 1.97 bits per heavy atom. The molecule has 2 saturated heterocycles. The summed E-state index contributed by atoms with van der Waals surface area (Å²) in [5.74, 6) is 3.10. The molecule has 162 valence electrons. The molecule has 2 atom stereocenters. The summed E-state index contributed by atoms with van der Waals surface area (Å²) >= 11 is 1.46. The second kappa shape index (κ2) is 10.4. The minimum absolute atomic E-state index is 0.0134. The van der Waals surface area contributed by atoms with Crippen LogP contribution in [-0.4, -0.2) is 76.8 Å². The highest BCUT2D eigenvalue weighted by atomic mass is 32.2. The van der Waals surface area contributed by atoms with Crippen molar-refractivity contribution in [2.24, 2.45) is 11.8 Å². The molecule has 2 aliphatic heterocycles. The highest BCUT2D eigenvalue weighted by Crippen LogP contribution is 2.23. The van der Waals surface area contributed by atoms with Crippen molar-refractivity contribution in [2.45, 2.75) is 51.3 Å². The Balaban J connectivity index is 1.42. The smallest absolute Gasteiger partial charge is 0.236 e. The fourth-order valence-electron chi connectivity index (χ4n) is 4.12. The molecule has 0 aliphatic carbocycles. The van der Waals surface area contributed by atoms with Gasteiger partial charge in [-0.25, -0.2) is 0 Å². The number of likely N-dealkylation sites (N-methyl/N-ethyl adjacent to an activating group) is 1. The lowest BCUT2D eigenvalue weighted by molar-refractivity contribution is -0.137. The van der Waals surface area contributed by atoms with Crippen LogP contribution in [0, 0.1) is 18.8 Å². The van der Waals surface area contributed by atoms with E-state index in [4.69, 9.17) is 4.52 Å². The number of carbonyl (C=O) groups is 2. The number of piperidine rings is 1. The van der Waals surface area contributed by atoms with Crippen molar-refractivity contribution in [3.8, 4) is 0 Å². The van der Waals surface area contributed by atoms with Gasteiger partial charge in [0.2, 0.25) is 17.7 Å². The van der Waals surface area contributed by atoms with E-state index in [1.165, 1.54) is 11.8 Å². The number of hydrogen-bond acceptors (Lipinski definition) is 7. The Morgan fingerprint density at radius 3 is 2.66 bits per heavy atom. The second-order valence-corrected chi connectivity index (χ2v) is 9.48. The minimum atomic E-state index is 0.0134. The van der Waals surface area contributed by atoms with Gasteiger partial charge in [-0.2, -0.15) is 4.98 Å². The molecule has 0 spiro atoms. The molecule has 8 nitrogen and oxygen atoms in total. The van der Waals surface area contributed by atoms with E-state index in [0.29, 0.717) is 29.1 Å². The normalized spacial score (nSPS) is 24.3. The largest absolute Gasteiger partial charge is 0.351 e. The lowest BCUT2D eigenvalue weighted by Crippen LogP contribution is -2.44. The first kappa shape index (κ1) is 22.1. The maximum absolute atomic E-state index is 13.0. The predicted molar refractivity (Wildman–Crippen MR) is 112 cm³/mol. The maximum atomic E-state index is 13.0. The Hall–Kier alpha value is -1.61. The van der Waals surface area contributed by atoms with Gasteiger partial charge in [-0.3, -0.25) is 9.59 Å². The number of amides is 2. The van der Waals surface area contributed by atoms with Crippen LogP contribution in [-0.2, 0) is 15.3 Å². The molecule has 2 fully saturated rings. The monoisotopic (exact) mass is 423 g/mol. The molecule has 1 N–H and O–H groups in total. The van der Waals surface area contributed by atoms with E-state index in [-0.39, 0.29) is 17.9 Å². The quantitative estimate of drug-likeness (QED) is 0.744. The minimum Gasteiger partial charge on any atom is -0.351 e. The maximum Gasteiger partial charge on any atom is 0.236 e. The number of aryl methyl sites for hydroxylation is 1. The molecule has 0 radical (unpaired) electrons. The zero-order valence-electron chi connectivity index (χ0n) is 17.7. The van der Waals surface area contributed by atoms with Crippen molar-refractivity contribution in [1.82, 2.24) is 25.3 Å². The SMILES string of the molecule is Cc1noc(CSCC(=O)N[C@H]2CC[C@@H](C(=O)N3CCC(C)CC3)CN(C)C2)n1. The van der Waals surface area contributed by atoms with Crippen LogP contribution in [0.4, 0.5) is 0 Å². The molecule has 3 heterocycles. The molecule has 2 amide bonds. The Morgan fingerprint density at radius 1 is 1.21 bits per heavy atom. The van der Waals surface area contributed by atoms with Gasteiger partial charge >= 0.3 is 0 Å². The van der Waals surface area contributed by atoms with E-state index in [1.807, 2.05) is 11.9 Å². The van der Waals surface area contributed by atoms with Crippen LogP contribution in [0.15, 0.2) is 4.52 Å². The average molecular weight is 424 g/mol. The molecular formula is C20H33N5O3S. The summed E-state index contributed by atoms with van der Waals surface area (Å²) in [5.41, 5.74) is 0.